The van der Waals surface area contributed by atoms with E-state index in [2.05, 4.69) is 58.8 Å². The topological polar surface area (TPSA) is 15.3 Å². The lowest BCUT2D eigenvalue weighted by Gasteiger charge is -2.23. The Morgan fingerprint density at radius 1 is 0.900 bits per heavy atom. The molecule has 0 radical (unpaired) electrons. The van der Waals surface area contributed by atoms with Gasteiger partial charge in [0.25, 0.3) is 0 Å². The van der Waals surface area contributed by atoms with Crippen molar-refractivity contribution in [2.75, 3.05) is 23.3 Å². The van der Waals surface area contributed by atoms with Gasteiger partial charge in [-0.2, -0.15) is 0 Å². The summed E-state index contributed by atoms with van der Waals surface area (Å²) in [5.41, 5.74) is 6.52. The van der Waals surface area contributed by atoms with Crippen LogP contribution in [0.2, 0.25) is 0 Å². The van der Waals surface area contributed by atoms with E-state index < -0.39 is 0 Å². The van der Waals surface area contributed by atoms with E-state index in [1.165, 1.54) is 54.0 Å². The molecule has 2 aliphatic heterocycles. The van der Waals surface area contributed by atoms with Crippen molar-refractivity contribution in [3.05, 3.63) is 54.2 Å². The molecule has 0 amide bonds. The Morgan fingerprint density at radius 2 is 1.75 bits per heavy atom. The molecule has 0 spiro atoms. The van der Waals surface area contributed by atoms with E-state index in [1.807, 2.05) is 6.20 Å². The number of nitrogens with zero attached hydrogens (tertiary/aromatic N) is 1. The minimum Gasteiger partial charge on any atom is -0.371 e. The Hall–Kier alpha value is -2.22. The summed E-state index contributed by atoms with van der Waals surface area (Å²) in [5.74, 6) is 0. The lowest BCUT2D eigenvalue weighted by atomic mass is 9.97. The highest BCUT2D eigenvalue weighted by Gasteiger charge is 2.20. The summed E-state index contributed by atoms with van der Waals surface area (Å²) >= 11 is 0. The second-order valence-electron chi connectivity index (χ2n) is 5.46. The maximum atomic E-state index is 3.43. The Balaban J connectivity index is 1.95. The smallest absolute Gasteiger partial charge is 0.0480 e. The first-order valence-electron chi connectivity index (χ1n) is 7.34. The van der Waals surface area contributed by atoms with Crippen LogP contribution in [0, 0.1) is 0 Å². The maximum Gasteiger partial charge on any atom is 0.0480 e. The minimum atomic E-state index is 1.17. The zero-order chi connectivity index (χ0) is 13.4. The fourth-order valence-corrected chi connectivity index (χ4v) is 3.26. The summed E-state index contributed by atoms with van der Waals surface area (Å²) in [6.07, 6.45) is 6.80. The zero-order valence-corrected chi connectivity index (χ0v) is 11.5. The Morgan fingerprint density at radius 3 is 2.65 bits per heavy atom. The molecule has 2 aromatic carbocycles. The highest BCUT2D eigenvalue weighted by atomic mass is 15.1. The van der Waals surface area contributed by atoms with E-state index in [0.29, 0.717) is 0 Å². The first-order valence-corrected chi connectivity index (χ1v) is 7.34. The SMILES string of the molecule is C1=Cc2ccccc2-c2c(cccc2N2CCCC2)N1. The molecule has 0 aliphatic carbocycles. The Bertz CT molecular complexity index is 667. The second-order valence-corrected chi connectivity index (χ2v) is 5.46. The molecule has 0 saturated carbocycles. The minimum absolute atomic E-state index is 1.17. The molecule has 1 fully saturated rings. The predicted octanol–water partition coefficient (Wildman–Crippen LogP) is 4.35. The van der Waals surface area contributed by atoms with E-state index in [1.54, 1.807) is 0 Å². The number of fused-ring (bicyclic) bond motifs is 3. The fraction of sp³-hybridized carbons (Fsp3) is 0.222. The molecular weight excluding hydrogens is 244 g/mol. The highest BCUT2D eigenvalue weighted by Crippen LogP contribution is 2.41. The van der Waals surface area contributed by atoms with Crippen LogP contribution in [0.3, 0.4) is 0 Å². The van der Waals surface area contributed by atoms with Crippen LogP contribution >= 0.6 is 0 Å². The van der Waals surface area contributed by atoms with Gasteiger partial charge in [0.15, 0.2) is 0 Å². The van der Waals surface area contributed by atoms with Crippen molar-refractivity contribution >= 4 is 17.5 Å². The molecular formula is C18H18N2. The van der Waals surface area contributed by atoms with E-state index in [4.69, 9.17) is 0 Å². The van der Waals surface area contributed by atoms with Crippen molar-refractivity contribution in [3.63, 3.8) is 0 Å². The lowest BCUT2D eigenvalue weighted by molar-refractivity contribution is 0.949. The average Bonchev–Trinajstić information content (AvgIpc) is 2.95. The van der Waals surface area contributed by atoms with Crippen LogP contribution in [0.5, 0.6) is 0 Å². The summed E-state index contributed by atoms with van der Waals surface area (Å²) in [6.45, 7) is 2.35. The van der Waals surface area contributed by atoms with Gasteiger partial charge in [0, 0.05) is 36.2 Å². The van der Waals surface area contributed by atoms with Crippen molar-refractivity contribution < 1.29 is 0 Å². The molecule has 2 nitrogen and oxygen atoms in total. The van der Waals surface area contributed by atoms with Crippen LogP contribution in [0.4, 0.5) is 11.4 Å². The maximum absolute atomic E-state index is 3.43. The molecule has 0 unspecified atom stereocenters. The Kier molecular flexibility index (Phi) is 2.73. The third-order valence-electron chi connectivity index (χ3n) is 4.22. The summed E-state index contributed by atoms with van der Waals surface area (Å²) < 4.78 is 0. The van der Waals surface area contributed by atoms with Crippen molar-refractivity contribution in [3.8, 4) is 11.1 Å². The number of hydrogen-bond donors (Lipinski definition) is 1. The molecule has 2 aromatic rings. The third-order valence-corrected chi connectivity index (χ3v) is 4.22. The molecule has 2 aliphatic rings. The second kappa shape index (κ2) is 4.71. The number of anilines is 2. The van der Waals surface area contributed by atoms with E-state index >= 15 is 0 Å². The van der Waals surface area contributed by atoms with Gasteiger partial charge in [-0.05, 0) is 42.2 Å². The third kappa shape index (κ3) is 1.80. The molecule has 100 valence electrons. The van der Waals surface area contributed by atoms with Crippen LogP contribution in [0.1, 0.15) is 18.4 Å². The van der Waals surface area contributed by atoms with Crippen LogP contribution in [0.25, 0.3) is 17.2 Å². The van der Waals surface area contributed by atoms with Crippen molar-refractivity contribution in [2.45, 2.75) is 12.8 Å². The number of nitrogens with one attached hydrogen (secondary N) is 1. The largest absolute Gasteiger partial charge is 0.371 e. The quantitative estimate of drug-likeness (QED) is 0.822. The van der Waals surface area contributed by atoms with Crippen LogP contribution in [-0.2, 0) is 0 Å². The standard InChI is InChI=1S/C18H18N2/c1-2-7-15-14(6-1)10-11-19-16-8-5-9-17(18(15)16)20-12-3-4-13-20/h1-2,5-11,19H,3-4,12-13H2. The van der Waals surface area contributed by atoms with Gasteiger partial charge < -0.3 is 10.2 Å². The molecule has 4 rings (SSSR count). The predicted molar refractivity (Wildman–Crippen MR) is 86.0 cm³/mol. The van der Waals surface area contributed by atoms with Crippen LogP contribution in [-0.4, -0.2) is 13.1 Å². The van der Waals surface area contributed by atoms with Gasteiger partial charge in [-0.15, -0.1) is 0 Å². The monoisotopic (exact) mass is 262 g/mol. The fourth-order valence-electron chi connectivity index (χ4n) is 3.26. The van der Waals surface area contributed by atoms with Gasteiger partial charge in [0.2, 0.25) is 0 Å². The van der Waals surface area contributed by atoms with Gasteiger partial charge in [0.1, 0.15) is 0 Å². The summed E-state index contributed by atoms with van der Waals surface area (Å²) in [7, 11) is 0. The van der Waals surface area contributed by atoms with Gasteiger partial charge in [0.05, 0.1) is 0 Å². The van der Waals surface area contributed by atoms with Crippen LogP contribution in [0.15, 0.2) is 48.7 Å². The van der Waals surface area contributed by atoms with Gasteiger partial charge in [-0.1, -0.05) is 30.3 Å². The highest BCUT2D eigenvalue weighted by molar-refractivity contribution is 5.94. The van der Waals surface area contributed by atoms with Crippen molar-refractivity contribution in [1.29, 1.82) is 0 Å². The molecule has 2 heterocycles. The van der Waals surface area contributed by atoms with Gasteiger partial charge in [-0.3, -0.25) is 0 Å². The first kappa shape index (κ1) is 11.6. The van der Waals surface area contributed by atoms with Crippen molar-refractivity contribution in [2.24, 2.45) is 0 Å². The van der Waals surface area contributed by atoms with Gasteiger partial charge >= 0.3 is 0 Å². The number of benzene rings is 2. The summed E-state index contributed by atoms with van der Waals surface area (Å²) in [4.78, 5) is 2.52. The normalized spacial score (nSPS) is 16.3. The summed E-state index contributed by atoms with van der Waals surface area (Å²) in [5, 5.41) is 3.43. The molecule has 1 N–H and O–H groups in total. The average molecular weight is 262 g/mol. The van der Waals surface area contributed by atoms with Crippen molar-refractivity contribution in [1.82, 2.24) is 0 Å². The van der Waals surface area contributed by atoms with Gasteiger partial charge in [-0.25, -0.2) is 0 Å². The lowest BCUT2D eigenvalue weighted by Crippen LogP contribution is -2.18. The van der Waals surface area contributed by atoms with E-state index in [-0.39, 0.29) is 0 Å². The molecule has 20 heavy (non-hydrogen) atoms. The molecule has 2 heteroatoms. The molecule has 0 atom stereocenters. The molecule has 0 bridgehead atoms. The van der Waals surface area contributed by atoms with Crippen LogP contribution < -0.4 is 10.2 Å². The molecule has 0 aromatic heterocycles. The van der Waals surface area contributed by atoms with E-state index in [9.17, 15) is 0 Å². The Labute approximate surface area is 119 Å². The number of hydrogen-bond acceptors (Lipinski definition) is 2. The van der Waals surface area contributed by atoms with E-state index in [0.717, 1.165) is 0 Å². The molecule has 1 saturated heterocycles. The zero-order valence-electron chi connectivity index (χ0n) is 11.5. The summed E-state index contributed by atoms with van der Waals surface area (Å²) in [6, 6.07) is 15.2. The first-order chi connectivity index (χ1) is 9.93. The number of rotatable bonds is 1.